The molecule has 142 valence electrons. The molecule has 3 aromatic rings. The van der Waals surface area contributed by atoms with Gasteiger partial charge in [-0.15, -0.1) is 0 Å². The molecule has 0 unspecified atom stereocenters. The number of piperidine rings is 1. The summed E-state index contributed by atoms with van der Waals surface area (Å²) in [5.74, 6) is 3.64. The number of aryl methyl sites for hydroxylation is 1. The molecule has 1 aliphatic heterocycles. The van der Waals surface area contributed by atoms with Crippen LogP contribution in [0.1, 0.15) is 20.3 Å². The summed E-state index contributed by atoms with van der Waals surface area (Å²) in [6, 6.07) is 7.82. The smallest absolute Gasteiger partial charge is 0.229 e. The van der Waals surface area contributed by atoms with Crippen LogP contribution in [0.25, 0.3) is 11.0 Å². The van der Waals surface area contributed by atoms with Crippen LogP contribution >= 0.6 is 0 Å². The van der Waals surface area contributed by atoms with E-state index in [0.717, 1.165) is 47.3 Å². The van der Waals surface area contributed by atoms with Gasteiger partial charge in [0.05, 0.1) is 18.7 Å². The zero-order valence-electron chi connectivity index (χ0n) is 16.3. The summed E-state index contributed by atoms with van der Waals surface area (Å²) in [5, 5.41) is 8.72. The predicted molar refractivity (Wildman–Crippen MR) is 108 cm³/mol. The van der Waals surface area contributed by atoms with Crippen molar-refractivity contribution >= 4 is 28.5 Å². The van der Waals surface area contributed by atoms with E-state index in [2.05, 4.69) is 29.2 Å². The van der Waals surface area contributed by atoms with Gasteiger partial charge in [-0.1, -0.05) is 13.8 Å². The fourth-order valence-electron chi connectivity index (χ4n) is 3.88. The quantitative estimate of drug-likeness (QED) is 0.761. The molecule has 2 aromatic heterocycles. The Hall–Kier alpha value is -2.83. The Morgan fingerprint density at radius 2 is 1.78 bits per heavy atom. The zero-order valence-corrected chi connectivity index (χ0v) is 16.3. The number of hydrogen-bond acceptors (Lipinski definition) is 6. The summed E-state index contributed by atoms with van der Waals surface area (Å²) in [6.45, 7) is 6.55. The molecule has 1 aromatic carbocycles. The average molecular weight is 366 g/mol. The third-order valence-electron chi connectivity index (χ3n) is 5.08. The van der Waals surface area contributed by atoms with Crippen LogP contribution in [0, 0.1) is 11.8 Å². The zero-order chi connectivity index (χ0) is 19.0. The highest BCUT2D eigenvalue weighted by atomic mass is 16.5. The lowest BCUT2D eigenvalue weighted by Crippen LogP contribution is -2.39. The fraction of sp³-hybridized carbons (Fsp3) is 0.450. The lowest BCUT2D eigenvalue weighted by atomic mass is 9.92. The summed E-state index contributed by atoms with van der Waals surface area (Å²) in [7, 11) is 3.58. The molecule has 0 amide bonds. The van der Waals surface area contributed by atoms with Crippen molar-refractivity contribution in [1.29, 1.82) is 0 Å². The van der Waals surface area contributed by atoms with Gasteiger partial charge in [-0.2, -0.15) is 15.1 Å². The topological polar surface area (TPSA) is 68.1 Å². The van der Waals surface area contributed by atoms with Crippen LogP contribution in [0.3, 0.4) is 0 Å². The minimum absolute atomic E-state index is 0.637. The van der Waals surface area contributed by atoms with Crippen molar-refractivity contribution in [2.45, 2.75) is 20.3 Å². The molecule has 0 saturated carbocycles. The fourth-order valence-corrected chi connectivity index (χ4v) is 3.88. The molecular weight excluding hydrogens is 340 g/mol. The van der Waals surface area contributed by atoms with E-state index >= 15 is 0 Å². The van der Waals surface area contributed by atoms with Crippen molar-refractivity contribution in [2.75, 3.05) is 30.4 Å². The highest BCUT2D eigenvalue weighted by molar-refractivity contribution is 5.89. The molecule has 1 fully saturated rings. The first-order valence-corrected chi connectivity index (χ1v) is 9.39. The van der Waals surface area contributed by atoms with Gasteiger partial charge in [-0.05, 0) is 42.5 Å². The van der Waals surface area contributed by atoms with Crippen LogP contribution < -0.4 is 15.0 Å². The van der Waals surface area contributed by atoms with E-state index in [-0.39, 0.29) is 0 Å². The molecule has 2 atom stereocenters. The summed E-state index contributed by atoms with van der Waals surface area (Å²) < 4.78 is 7.04. The Labute approximate surface area is 159 Å². The highest BCUT2D eigenvalue weighted by Crippen LogP contribution is 2.29. The number of benzene rings is 1. The van der Waals surface area contributed by atoms with Gasteiger partial charge in [-0.25, -0.2) is 0 Å². The Morgan fingerprint density at radius 1 is 1.07 bits per heavy atom. The molecule has 1 aliphatic rings. The minimum Gasteiger partial charge on any atom is -0.497 e. The normalized spacial score (nSPS) is 20.1. The maximum absolute atomic E-state index is 5.24. The van der Waals surface area contributed by atoms with Crippen molar-refractivity contribution in [3.8, 4) is 5.75 Å². The molecule has 0 spiro atoms. The van der Waals surface area contributed by atoms with Gasteiger partial charge in [0.15, 0.2) is 5.65 Å². The van der Waals surface area contributed by atoms with Crippen LogP contribution in [-0.4, -0.2) is 39.9 Å². The number of nitrogens with zero attached hydrogens (tertiary/aromatic N) is 5. The molecule has 7 nitrogen and oxygen atoms in total. The van der Waals surface area contributed by atoms with Gasteiger partial charge < -0.3 is 15.0 Å². The standard InChI is InChI=1S/C20H26N6O/c1-13-9-14(2)12-26(11-13)20-23-18(17-10-21-25(3)19(17)24-20)22-15-5-7-16(27-4)8-6-15/h5-8,10,13-14H,9,11-12H2,1-4H3,(H,22,23,24)/t13-,14+. The van der Waals surface area contributed by atoms with Gasteiger partial charge in [0.2, 0.25) is 5.95 Å². The Bertz CT molecular complexity index is 926. The number of anilines is 3. The number of rotatable bonds is 4. The van der Waals surface area contributed by atoms with Crippen LogP contribution in [0.15, 0.2) is 30.5 Å². The Balaban J connectivity index is 1.72. The van der Waals surface area contributed by atoms with Crippen molar-refractivity contribution in [3.63, 3.8) is 0 Å². The number of methoxy groups -OCH3 is 1. The summed E-state index contributed by atoms with van der Waals surface area (Å²) in [6.07, 6.45) is 3.06. The summed E-state index contributed by atoms with van der Waals surface area (Å²) in [5.41, 5.74) is 1.79. The first kappa shape index (κ1) is 17.6. The Kier molecular flexibility index (Phi) is 4.59. The summed E-state index contributed by atoms with van der Waals surface area (Å²) in [4.78, 5) is 12.0. The molecule has 27 heavy (non-hydrogen) atoms. The van der Waals surface area contributed by atoms with Crippen LogP contribution in [0.4, 0.5) is 17.5 Å². The first-order chi connectivity index (χ1) is 13.0. The van der Waals surface area contributed by atoms with Gasteiger partial charge in [-0.3, -0.25) is 4.68 Å². The van der Waals surface area contributed by atoms with Crippen LogP contribution in [0.5, 0.6) is 5.75 Å². The van der Waals surface area contributed by atoms with Crippen molar-refractivity contribution in [1.82, 2.24) is 19.7 Å². The third-order valence-corrected chi connectivity index (χ3v) is 5.08. The lowest BCUT2D eigenvalue weighted by Gasteiger charge is -2.35. The maximum atomic E-state index is 5.24. The van der Waals surface area contributed by atoms with Gasteiger partial charge in [0, 0.05) is 25.8 Å². The van der Waals surface area contributed by atoms with Gasteiger partial charge >= 0.3 is 0 Å². The average Bonchev–Trinajstić information content (AvgIpc) is 3.03. The van der Waals surface area contributed by atoms with E-state index in [4.69, 9.17) is 14.7 Å². The monoisotopic (exact) mass is 366 g/mol. The second kappa shape index (κ2) is 7.06. The second-order valence-electron chi connectivity index (χ2n) is 7.58. The second-order valence-corrected chi connectivity index (χ2v) is 7.58. The van der Waals surface area contributed by atoms with Gasteiger partial charge in [0.1, 0.15) is 11.6 Å². The Morgan fingerprint density at radius 3 is 2.44 bits per heavy atom. The molecular formula is C20H26N6O. The van der Waals surface area contributed by atoms with Gasteiger partial charge in [0.25, 0.3) is 0 Å². The van der Waals surface area contributed by atoms with E-state index < -0.39 is 0 Å². The molecule has 0 radical (unpaired) electrons. The first-order valence-electron chi connectivity index (χ1n) is 9.39. The molecule has 1 saturated heterocycles. The summed E-state index contributed by atoms with van der Waals surface area (Å²) >= 11 is 0. The van der Waals surface area contributed by atoms with Crippen LogP contribution in [-0.2, 0) is 7.05 Å². The van der Waals surface area contributed by atoms with E-state index in [1.807, 2.05) is 37.5 Å². The molecule has 4 rings (SSSR count). The van der Waals surface area contributed by atoms with Crippen molar-refractivity contribution < 1.29 is 4.74 Å². The molecule has 3 heterocycles. The molecule has 0 aliphatic carbocycles. The van der Waals surface area contributed by atoms with E-state index in [9.17, 15) is 0 Å². The largest absolute Gasteiger partial charge is 0.497 e. The third kappa shape index (κ3) is 3.54. The van der Waals surface area contributed by atoms with Crippen LogP contribution in [0.2, 0.25) is 0 Å². The number of aromatic nitrogens is 4. The van der Waals surface area contributed by atoms with Crippen molar-refractivity contribution in [2.24, 2.45) is 18.9 Å². The molecule has 7 heteroatoms. The highest BCUT2D eigenvalue weighted by Gasteiger charge is 2.25. The van der Waals surface area contributed by atoms with E-state index in [1.165, 1.54) is 6.42 Å². The minimum atomic E-state index is 0.637. The van der Waals surface area contributed by atoms with E-state index in [1.54, 1.807) is 11.8 Å². The predicted octanol–water partition coefficient (Wildman–Crippen LogP) is 3.60. The molecule has 0 bridgehead atoms. The SMILES string of the molecule is COc1ccc(Nc2nc(N3C[C@H](C)C[C@H](C)C3)nc3c2cnn3C)cc1. The lowest BCUT2D eigenvalue weighted by molar-refractivity contribution is 0.354. The molecule has 1 N–H and O–H groups in total. The van der Waals surface area contributed by atoms with E-state index in [0.29, 0.717) is 11.8 Å². The number of hydrogen-bond donors (Lipinski definition) is 1. The maximum Gasteiger partial charge on any atom is 0.229 e. The number of fused-ring (bicyclic) bond motifs is 1. The van der Waals surface area contributed by atoms with Crippen molar-refractivity contribution in [3.05, 3.63) is 30.5 Å². The number of ether oxygens (including phenoxy) is 1. The number of nitrogens with one attached hydrogen (secondary N) is 1.